The molecule has 4 rings (SSSR count). The fraction of sp³-hybridized carbons (Fsp3) is 0.556. The summed E-state index contributed by atoms with van der Waals surface area (Å²) in [6.07, 6.45) is -0.326. The highest BCUT2D eigenvalue weighted by Gasteiger charge is 2.73. The number of aliphatic carboxylic acids is 1. The van der Waals surface area contributed by atoms with Gasteiger partial charge in [0.25, 0.3) is 17.5 Å². The van der Waals surface area contributed by atoms with E-state index in [1.807, 2.05) is 0 Å². The molecule has 1 aromatic rings. The monoisotopic (exact) mass is 547 g/mol. The second kappa shape index (κ2) is 9.36. The van der Waals surface area contributed by atoms with E-state index in [0.717, 1.165) is 11.3 Å². The number of thiazole rings is 1. The van der Waals surface area contributed by atoms with E-state index in [-0.39, 0.29) is 23.0 Å². The van der Waals surface area contributed by atoms with Gasteiger partial charge in [0, 0.05) is 21.9 Å². The Kier molecular flexibility index (Phi) is 6.73. The molecule has 0 unspecified atom stereocenters. The number of fused-ring (bicyclic) bond motifs is 3. The normalized spacial score (nSPS) is 29.6. The average molecular weight is 548 g/mol. The topological polar surface area (TPSA) is 251 Å². The molecule has 3 saturated heterocycles. The van der Waals surface area contributed by atoms with Gasteiger partial charge in [-0.25, -0.2) is 9.78 Å². The summed E-state index contributed by atoms with van der Waals surface area (Å²) in [7, 11) is -1.85. The van der Waals surface area contributed by atoms with Crippen molar-refractivity contribution in [3.8, 4) is 0 Å². The number of β-lactam (4-membered cyclic amide) rings is 1. The number of esters is 1. The number of anilines is 1. The first-order valence-corrected chi connectivity index (χ1v) is 12.6. The number of oxime groups is 1. The van der Waals surface area contributed by atoms with Crippen molar-refractivity contribution in [1.29, 1.82) is 0 Å². The van der Waals surface area contributed by atoms with Crippen molar-refractivity contribution in [2.75, 3.05) is 31.3 Å². The molecule has 16 nitrogen and oxygen atoms in total. The molecular formula is C18H21N5O11S2. The van der Waals surface area contributed by atoms with Crippen LogP contribution >= 0.6 is 11.3 Å². The van der Waals surface area contributed by atoms with Crippen LogP contribution in [0, 0.1) is 5.92 Å². The third-order valence-electron chi connectivity index (χ3n) is 6.04. The number of carbonyl (C=O) groups excluding carboxylic acids is 3. The Labute approximate surface area is 208 Å². The Morgan fingerprint density at radius 1 is 1.36 bits per heavy atom. The smallest absolute Gasteiger partial charge is 0.370 e. The molecule has 2 amide bonds. The van der Waals surface area contributed by atoms with E-state index >= 15 is 0 Å². The van der Waals surface area contributed by atoms with E-state index < -0.39 is 88.7 Å². The molecule has 3 aliphatic heterocycles. The number of nitrogens with one attached hydrogen (secondary N) is 1. The number of nitrogen functional groups attached to an aromatic ring is 1. The Balaban J connectivity index is 1.61. The Bertz CT molecular complexity index is 1160. The first kappa shape index (κ1) is 25.9. The molecular weight excluding hydrogens is 526 g/mol. The second-order valence-electron chi connectivity index (χ2n) is 8.23. The maximum Gasteiger partial charge on any atom is 0.370 e. The standard InChI is InChI=1S/C18H21N5O11S2/c19-16-20-8(2-35-16)10(22-34-17(4-24,5-25)6-26)12(28)21-11-13(29)23-14(11)36(32)3-7-1-9(27)33-18(7,23)15(30)31/h2,7,11,14,24-26H,1,3-6H2,(H2,19,20)(H,21,28)(H,30,31)/b22-10-/t7-,11+,14+,18+,36-/m0/s1. The third-order valence-corrected chi connectivity index (χ3v) is 8.47. The van der Waals surface area contributed by atoms with Crippen molar-refractivity contribution in [3.05, 3.63) is 11.1 Å². The molecule has 7 N–H and O–H groups in total. The molecule has 1 aromatic heterocycles. The summed E-state index contributed by atoms with van der Waals surface area (Å²) < 4.78 is 17.9. The molecule has 0 radical (unpaired) electrons. The van der Waals surface area contributed by atoms with Gasteiger partial charge in [0.2, 0.25) is 5.60 Å². The predicted octanol–water partition coefficient (Wildman–Crippen LogP) is -4.08. The number of carbonyl (C=O) groups is 4. The van der Waals surface area contributed by atoms with Crippen molar-refractivity contribution >= 4 is 56.7 Å². The number of nitrogens with two attached hydrogens (primary N) is 1. The lowest BCUT2D eigenvalue weighted by atomic mass is 9.89. The molecule has 0 saturated carbocycles. The Hall–Kier alpha value is -3.19. The van der Waals surface area contributed by atoms with Crippen molar-refractivity contribution < 1.29 is 53.4 Å². The van der Waals surface area contributed by atoms with Crippen molar-refractivity contribution in [2.45, 2.75) is 29.2 Å². The van der Waals surface area contributed by atoms with E-state index in [1.165, 1.54) is 5.38 Å². The van der Waals surface area contributed by atoms with Gasteiger partial charge < -0.3 is 41.1 Å². The first-order chi connectivity index (χ1) is 17.0. The highest BCUT2D eigenvalue weighted by Crippen LogP contribution is 2.47. The molecule has 0 aromatic carbocycles. The van der Waals surface area contributed by atoms with Crippen LogP contribution < -0.4 is 11.1 Å². The summed E-state index contributed by atoms with van der Waals surface area (Å²) in [5.74, 6) is -5.75. The number of carboxylic acids is 1. The van der Waals surface area contributed by atoms with Crippen LogP contribution in [0.1, 0.15) is 12.1 Å². The quantitative estimate of drug-likeness (QED) is 0.0745. The number of rotatable bonds is 9. The van der Waals surface area contributed by atoms with Crippen molar-refractivity contribution in [1.82, 2.24) is 15.2 Å². The maximum absolute atomic E-state index is 13.1. The lowest BCUT2D eigenvalue weighted by molar-refractivity contribution is -0.216. The van der Waals surface area contributed by atoms with Crippen LogP contribution in [0.4, 0.5) is 5.13 Å². The highest BCUT2D eigenvalue weighted by atomic mass is 32.2. The number of hydrogen-bond acceptors (Lipinski definition) is 14. The third kappa shape index (κ3) is 3.90. The van der Waals surface area contributed by atoms with Gasteiger partial charge in [0.1, 0.15) is 17.1 Å². The van der Waals surface area contributed by atoms with Crippen molar-refractivity contribution in [2.24, 2.45) is 11.1 Å². The molecule has 36 heavy (non-hydrogen) atoms. The number of aliphatic hydroxyl groups is 3. The molecule has 0 spiro atoms. The summed E-state index contributed by atoms with van der Waals surface area (Å²) in [5.41, 5.74) is 0.667. The fourth-order valence-corrected chi connectivity index (χ4v) is 6.55. The van der Waals surface area contributed by atoms with Crippen LogP contribution in [-0.2, 0) is 39.6 Å². The number of amides is 2. The van der Waals surface area contributed by atoms with E-state index in [9.17, 15) is 43.8 Å². The molecule has 0 aliphatic carbocycles. The second-order valence-corrected chi connectivity index (χ2v) is 10.7. The lowest BCUT2D eigenvalue weighted by Crippen LogP contribution is -2.83. The van der Waals surface area contributed by atoms with Crippen LogP contribution in [0.25, 0.3) is 0 Å². The van der Waals surface area contributed by atoms with E-state index in [0.29, 0.717) is 4.90 Å². The number of aromatic nitrogens is 1. The van der Waals surface area contributed by atoms with Gasteiger partial charge in [-0.15, -0.1) is 11.3 Å². The molecule has 3 aliphatic rings. The van der Waals surface area contributed by atoms with Crippen LogP contribution in [0.15, 0.2) is 10.5 Å². The number of carboxylic acid groups (broad SMARTS) is 1. The van der Waals surface area contributed by atoms with Gasteiger partial charge in [-0.1, -0.05) is 5.16 Å². The molecule has 18 heteroatoms. The summed E-state index contributed by atoms with van der Waals surface area (Å²) in [6, 6.07) is -1.46. The van der Waals surface area contributed by atoms with E-state index in [4.69, 9.17) is 15.3 Å². The zero-order valence-corrected chi connectivity index (χ0v) is 19.9. The van der Waals surface area contributed by atoms with Gasteiger partial charge in [0.15, 0.2) is 10.8 Å². The summed E-state index contributed by atoms with van der Waals surface area (Å²) in [6.45, 7) is -2.61. The number of nitrogens with zero attached hydrogens (tertiary/aromatic N) is 3. The van der Waals surface area contributed by atoms with E-state index in [1.54, 1.807) is 0 Å². The van der Waals surface area contributed by atoms with Gasteiger partial charge in [0.05, 0.1) is 32.2 Å². The molecule has 3 fully saturated rings. The Morgan fingerprint density at radius 2 is 2.03 bits per heavy atom. The fourth-order valence-electron chi connectivity index (χ4n) is 4.08. The summed E-state index contributed by atoms with van der Waals surface area (Å²) in [4.78, 5) is 59.6. The van der Waals surface area contributed by atoms with Crippen LogP contribution in [-0.4, -0.2) is 112 Å². The zero-order valence-electron chi connectivity index (χ0n) is 18.2. The largest absolute Gasteiger partial charge is 0.477 e. The van der Waals surface area contributed by atoms with Gasteiger partial charge >= 0.3 is 11.9 Å². The molecule has 0 bridgehead atoms. The minimum absolute atomic E-state index is 0.0417. The first-order valence-electron chi connectivity index (χ1n) is 10.3. The molecule has 5 atom stereocenters. The minimum Gasteiger partial charge on any atom is -0.477 e. The van der Waals surface area contributed by atoms with Crippen LogP contribution in [0.5, 0.6) is 0 Å². The zero-order chi connectivity index (χ0) is 26.4. The average Bonchev–Trinajstić information content (AvgIpc) is 3.41. The number of ether oxygens (including phenoxy) is 1. The maximum atomic E-state index is 13.1. The Morgan fingerprint density at radius 3 is 2.58 bits per heavy atom. The SMILES string of the molecule is Nc1nc(/C(=N/OC(CO)(CO)CO)C(=O)N[C@@H]2C(=O)N3[C@@H]2[S@@](=O)C[C@@H]2CC(=O)O[C@@]23C(=O)O)cs1. The minimum atomic E-state index is -2.32. The number of hydrogen-bond donors (Lipinski definition) is 6. The van der Waals surface area contributed by atoms with Gasteiger partial charge in [-0.2, -0.15) is 0 Å². The van der Waals surface area contributed by atoms with E-state index in [2.05, 4.69) is 15.5 Å². The van der Waals surface area contributed by atoms with Crippen molar-refractivity contribution in [3.63, 3.8) is 0 Å². The molecule has 4 heterocycles. The summed E-state index contributed by atoms with van der Waals surface area (Å²) >= 11 is 0.936. The summed E-state index contributed by atoms with van der Waals surface area (Å²) in [5, 5.41) is 44.1. The van der Waals surface area contributed by atoms with Gasteiger partial charge in [-0.3, -0.25) is 23.5 Å². The van der Waals surface area contributed by atoms with Crippen LogP contribution in [0.2, 0.25) is 0 Å². The predicted molar refractivity (Wildman–Crippen MR) is 118 cm³/mol. The lowest BCUT2D eigenvalue weighted by Gasteiger charge is -2.56. The highest BCUT2D eigenvalue weighted by molar-refractivity contribution is 7.85. The number of aliphatic hydroxyl groups excluding tert-OH is 3. The molecule has 196 valence electrons. The van der Waals surface area contributed by atoms with Gasteiger partial charge in [-0.05, 0) is 0 Å². The van der Waals surface area contributed by atoms with Crippen LogP contribution in [0.3, 0.4) is 0 Å².